The zero-order valence-electron chi connectivity index (χ0n) is 10.2. The first-order valence-corrected chi connectivity index (χ1v) is 5.70. The lowest BCUT2D eigenvalue weighted by Gasteiger charge is -2.26. The molecule has 0 heterocycles. The Hall–Kier alpha value is -0.610. The molecule has 0 aliphatic rings. The van der Waals surface area contributed by atoms with Gasteiger partial charge < -0.3 is 15.4 Å². The number of nitrogens with zero attached hydrogens (tertiary/aromatic N) is 1. The molecule has 1 amide bonds. The van der Waals surface area contributed by atoms with E-state index in [2.05, 4.69) is 0 Å². The molecule has 0 aromatic rings. The summed E-state index contributed by atoms with van der Waals surface area (Å²) in [5.41, 5.74) is 5.43. The van der Waals surface area contributed by atoms with Gasteiger partial charge in [0.25, 0.3) is 0 Å². The van der Waals surface area contributed by atoms with Gasteiger partial charge in [-0.15, -0.1) is 0 Å². The minimum atomic E-state index is 0.0619. The molecule has 0 rings (SSSR count). The van der Waals surface area contributed by atoms with E-state index in [1.807, 2.05) is 25.7 Å². The summed E-state index contributed by atoms with van der Waals surface area (Å²) in [7, 11) is 0. The summed E-state index contributed by atoms with van der Waals surface area (Å²) < 4.78 is 5.23. The first-order chi connectivity index (χ1) is 7.13. The van der Waals surface area contributed by atoms with E-state index >= 15 is 0 Å². The van der Waals surface area contributed by atoms with E-state index in [1.165, 1.54) is 0 Å². The van der Waals surface area contributed by atoms with E-state index in [0.29, 0.717) is 13.2 Å². The maximum atomic E-state index is 11.7. The van der Waals surface area contributed by atoms with Crippen molar-refractivity contribution in [2.75, 3.05) is 26.3 Å². The van der Waals surface area contributed by atoms with Gasteiger partial charge in [-0.2, -0.15) is 0 Å². The van der Waals surface area contributed by atoms with Gasteiger partial charge in [0.15, 0.2) is 0 Å². The normalized spacial score (nSPS) is 10.7. The van der Waals surface area contributed by atoms with Crippen LogP contribution >= 0.6 is 0 Å². The number of ether oxygens (including phenoxy) is 1. The summed E-state index contributed by atoms with van der Waals surface area (Å²) >= 11 is 0. The molecule has 2 N–H and O–H groups in total. The smallest absolute Gasteiger partial charge is 0.248 e. The summed E-state index contributed by atoms with van der Waals surface area (Å²) in [4.78, 5) is 13.5. The highest BCUT2D eigenvalue weighted by atomic mass is 16.5. The third-order valence-corrected chi connectivity index (χ3v) is 2.12. The SMILES string of the molecule is CCCOCC(=O)N(CCCN)C(C)C. The molecule has 0 saturated heterocycles. The van der Waals surface area contributed by atoms with Crippen LogP contribution in [0, 0.1) is 0 Å². The van der Waals surface area contributed by atoms with E-state index in [1.54, 1.807) is 0 Å². The van der Waals surface area contributed by atoms with Gasteiger partial charge >= 0.3 is 0 Å². The Morgan fingerprint density at radius 1 is 1.47 bits per heavy atom. The van der Waals surface area contributed by atoms with Gasteiger partial charge in [-0.25, -0.2) is 0 Å². The van der Waals surface area contributed by atoms with Crippen LogP contribution in [0.5, 0.6) is 0 Å². The predicted molar refractivity (Wildman–Crippen MR) is 61.6 cm³/mol. The summed E-state index contributed by atoms with van der Waals surface area (Å²) in [5.74, 6) is 0.0619. The zero-order chi connectivity index (χ0) is 11.7. The fourth-order valence-electron chi connectivity index (χ4n) is 1.32. The molecule has 15 heavy (non-hydrogen) atoms. The first-order valence-electron chi connectivity index (χ1n) is 5.70. The van der Waals surface area contributed by atoms with E-state index in [9.17, 15) is 4.79 Å². The van der Waals surface area contributed by atoms with Gasteiger partial charge in [0.1, 0.15) is 6.61 Å². The molecular formula is C11H24N2O2. The molecule has 0 spiro atoms. The third kappa shape index (κ3) is 6.47. The number of amides is 1. The van der Waals surface area contributed by atoms with Crippen molar-refractivity contribution >= 4 is 5.91 Å². The van der Waals surface area contributed by atoms with Crippen LogP contribution in [-0.2, 0) is 9.53 Å². The average Bonchev–Trinajstić information content (AvgIpc) is 2.18. The summed E-state index contributed by atoms with van der Waals surface area (Å²) in [6, 6.07) is 0.217. The summed E-state index contributed by atoms with van der Waals surface area (Å²) in [6.07, 6.45) is 1.79. The van der Waals surface area contributed by atoms with Crippen molar-refractivity contribution in [2.24, 2.45) is 5.73 Å². The van der Waals surface area contributed by atoms with Crippen LogP contribution in [-0.4, -0.2) is 43.2 Å². The van der Waals surface area contributed by atoms with E-state index < -0.39 is 0 Å². The van der Waals surface area contributed by atoms with Gasteiger partial charge in [0.05, 0.1) is 0 Å². The van der Waals surface area contributed by atoms with Crippen LogP contribution in [0.2, 0.25) is 0 Å². The number of nitrogens with two attached hydrogens (primary N) is 1. The highest BCUT2D eigenvalue weighted by Gasteiger charge is 2.15. The average molecular weight is 216 g/mol. The third-order valence-electron chi connectivity index (χ3n) is 2.12. The molecule has 0 atom stereocenters. The molecule has 0 aromatic carbocycles. The van der Waals surface area contributed by atoms with Crippen molar-refractivity contribution in [1.82, 2.24) is 4.90 Å². The maximum Gasteiger partial charge on any atom is 0.248 e. The van der Waals surface area contributed by atoms with Crippen molar-refractivity contribution in [3.63, 3.8) is 0 Å². The van der Waals surface area contributed by atoms with Crippen LogP contribution in [0.25, 0.3) is 0 Å². The second-order valence-corrected chi connectivity index (χ2v) is 3.88. The fraction of sp³-hybridized carbons (Fsp3) is 0.909. The number of carbonyl (C=O) groups excluding carboxylic acids is 1. The Balaban J connectivity index is 3.93. The van der Waals surface area contributed by atoms with E-state index in [-0.39, 0.29) is 18.6 Å². The molecule has 4 nitrogen and oxygen atoms in total. The monoisotopic (exact) mass is 216 g/mol. The molecule has 0 bridgehead atoms. The van der Waals surface area contributed by atoms with Gasteiger partial charge in [0.2, 0.25) is 5.91 Å². The van der Waals surface area contributed by atoms with Crippen LogP contribution in [0.15, 0.2) is 0 Å². The second kappa shape index (κ2) is 8.68. The Kier molecular flexibility index (Phi) is 8.33. The topological polar surface area (TPSA) is 55.6 Å². The van der Waals surface area contributed by atoms with Gasteiger partial charge in [0, 0.05) is 19.2 Å². The molecule has 0 fully saturated rings. The second-order valence-electron chi connectivity index (χ2n) is 3.88. The highest BCUT2D eigenvalue weighted by molar-refractivity contribution is 5.77. The van der Waals surface area contributed by atoms with Crippen LogP contribution in [0.1, 0.15) is 33.6 Å². The van der Waals surface area contributed by atoms with Gasteiger partial charge in [-0.05, 0) is 33.2 Å². The largest absolute Gasteiger partial charge is 0.372 e. The minimum Gasteiger partial charge on any atom is -0.372 e. The Morgan fingerprint density at radius 3 is 2.60 bits per heavy atom. The quantitative estimate of drug-likeness (QED) is 0.616. The first kappa shape index (κ1) is 14.4. The lowest BCUT2D eigenvalue weighted by atomic mass is 10.3. The standard InChI is InChI=1S/C11H24N2O2/c1-4-8-15-9-11(14)13(10(2)3)7-5-6-12/h10H,4-9,12H2,1-3H3. The van der Waals surface area contributed by atoms with Crippen molar-refractivity contribution in [2.45, 2.75) is 39.7 Å². The number of rotatable bonds is 8. The molecule has 0 unspecified atom stereocenters. The Bertz CT molecular complexity index is 172. The molecule has 0 aliphatic carbocycles. The molecule has 4 heteroatoms. The van der Waals surface area contributed by atoms with Crippen LogP contribution < -0.4 is 5.73 Å². The Labute approximate surface area is 92.8 Å². The zero-order valence-corrected chi connectivity index (χ0v) is 10.2. The molecule has 0 aliphatic heterocycles. The van der Waals surface area contributed by atoms with E-state index in [0.717, 1.165) is 19.4 Å². The number of hydrogen-bond donors (Lipinski definition) is 1. The van der Waals surface area contributed by atoms with Crippen molar-refractivity contribution in [3.8, 4) is 0 Å². The Morgan fingerprint density at radius 2 is 2.13 bits per heavy atom. The number of hydrogen-bond acceptors (Lipinski definition) is 3. The summed E-state index contributed by atoms with van der Waals surface area (Å²) in [5, 5.41) is 0. The van der Waals surface area contributed by atoms with Crippen molar-refractivity contribution in [3.05, 3.63) is 0 Å². The predicted octanol–water partition coefficient (Wildman–Crippen LogP) is 0.999. The molecule has 0 radical (unpaired) electrons. The van der Waals surface area contributed by atoms with Gasteiger partial charge in [-0.3, -0.25) is 4.79 Å². The highest BCUT2D eigenvalue weighted by Crippen LogP contribution is 2.01. The lowest BCUT2D eigenvalue weighted by Crippen LogP contribution is -2.40. The molecule has 0 aromatic heterocycles. The molecule has 90 valence electrons. The van der Waals surface area contributed by atoms with Gasteiger partial charge in [-0.1, -0.05) is 6.92 Å². The van der Waals surface area contributed by atoms with Crippen molar-refractivity contribution in [1.29, 1.82) is 0 Å². The lowest BCUT2D eigenvalue weighted by molar-refractivity contribution is -0.137. The molecule has 0 saturated carbocycles. The fourth-order valence-corrected chi connectivity index (χ4v) is 1.32. The minimum absolute atomic E-state index is 0.0619. The van der Waals surface area contributed by atoms with E-state index in [4.69, 9.17) is 10.5 Å². The molecular weight excluding hydrogens is 192 g/mol. The maximum absolute atomic E-state index is 11.7. The number of carbonyl (C=O) groups is 1. The van der Waals surface area contributed by atoms with Crippen LogP contribution in [0.3, 0.4) is 0 Å². The van der Waals surface area contributed by atoms with Crippen molar-refractivity contribution < 1.29 is 9.53 Å². The summed E-state index contributed by atoms with van der Waals surface area (Å²) in [6.45, 7) is 8.22. The van der Waals surface area contributed by atoms with Crippen LogP contribution in [0.4, 0.5) is 0 Å².